The van der Waals surface area contributed by atoms with Gasteiger partial charge in [-0.25, -0.2) is 9.37 Å². The van der Waals surface area contributed by atoms with Crippen LogP contribution in [0.25, 0.3) is 21.8 Å². The highest BCUT2D eigenvalue weighted by atomic mass is 32.1. The fourth-order valence-corrected chi connectivity index (χ4v) is 11.0. The third kappa shape index (κ3) is 18.0. The number of benzene rings is 3. The lowest BCUT2D eigenvalue weighted by molar-refractivity contribution is -0.145. The van der Waals surface area contributed by atoms with Crippen molar-refractivity contribution in [1.29, 1.82) is 0 Å². The summed E-state index contributed by atoms with van der Waals surface area (Å²) in [6, 6.07) is 18.0. The molecule has 3 aliphatic rings. The second kappa shape index (κ2) is 30.3. The molecule has 7 amide bonds. The van der Waals surface area contributed by atoms with Gasteiger partial charge in [0, 0.05) is 57.7 Å². The van der Waals surface area contributed by atoms with Gasteiger partial charge in [-0.05, 0) is 72.4 Å². The van der Waals surface area contributed by atoms with Gasteiger partial charge in [0.05, 0.1) is 99.1 Å². The Balaban J connectivity index is 0.664. The normalized spacial score (nSPS) is 17.4. The summed E-state index contributed by atoms with van der Waals surface area (Å²) in [6.45, 7) is 9.42. The highest BCUT2D eigenvalue weighted by Crippen LogP contribution is 2.41. The Morgan fingerprint density at radius 3 is 2.18 bits per heavy atom. The lowest BCUT2D eigenvalue weighted by atomic mass is 9.85. The number of halogens is 1. The maximum Gasteiger partial charge on any atom is 0.273 e. The number of amides is 7. The van der Waals surface area contributed by atoms with E-state index in [1.54, 1.807) is 39.4 Å². The molecule has 0 spiro atoms. The molecule has 5 aromatic rings. The van der Waals surface area contributed by atoms with Crippen molar-refractivity contribution >= 4 is 52.7 Å². The Labute approximate surface area is 508 Å². The number of thiazole rings is 1. The number of phenolic OH excluding ortho intramolecular Hbond substituents is 1. The molecule has 5 atom stereocenters. The number of β-amino-alcohol motifs (C(OH)–C–C–N with tert-alkyl or cyclic N) is 1. The minimum absolute atomic E-state index is 0.0501. The molecule has 2 aliphatic carbocycles. The molecule has 23 nitrogen and oxygen atoms in total. The number of carbonyl (C=O) groups is 7. The fourth-order valence-electron chi connectivity index (χ4n) is 10.2. The van der Waals surface area contributed by atoms with Gasteiger partial charge < -0.3 is 70.1 Å². The number of carbonyl (C=O) groups excluding carboxylic acids is 7. The number of fused-ring (bicyclic) bond motifs is 1. The first-order chi connectivity index (χ1) is 41.7. The van der Waals surface area contributed by atoms with Crippen molar-refractivity contribution in [2.24, 2.45) is 5.41 Å². The van der Waals surface area contributed by atoms with Gasteiger partial charge in [-0.1, -0.05) is 80.5 Å². The number of aromatic hydroxyl groups is 1. The second-order valence-electron chi connectivity index (χ2n) is 23.0. The number of aromatic nitrogens is 2. The topological polar surface area (TPSA) is 302 Å². The van der Waals surface area contributed by atoms with Gasteiger partial charge in [-0.15, -0.1) is 11.3 Å². The summed E-state index contributed by atoms with van der Waals surface area (Å²) in [5, 5.41) is 39.6. The monoisotopic (exact) mass is 1220 g/mol. The van der Waals surface area contributed by atoms with Crippen molar-refractivity contribution in [3.05, 3.63) is 112 Å². The van der Waals surface area contributed by atoms with Crippen LogP contribution in [0.4, 0.5) is 4.39 Å². The van der Waals surface area contributed by atoms with Gasteiger partial charge in [0.25, 0.3) is 17.7 Å². The zero-order valence-electron chi connectivity index (χ0n) is 49.7. The van der Waals surface area contributed by atoms with Gasteiger partial charge >= 0.3 is 0 Å². The Morgan fingerprint density at radius 1 is 0.851 bits per heavy atom. The van der Waals surface area contributed by atoms with Crippen LogP contribution >= 0.6 is 11.3 Å². The molecule has 87 heavy (non-hydrogen) atoms. The van der Waals surface area contributed by atoms with Crippen molar-refractivity contribution in [1.82, 2.24) is 46.5 Å². The van der Waals surface area contributed by atoms with E-state index in [4.69, 9.17) is 23.5 Å². The van der Waals surface area contributed by atoms with E-state index >= 15 is 0 Å². The smallest absolute Gasteiger partial charge is 0.273 e. The number of hydrogen-bond acceptors (Lipinski definition) is 17. The Morgan fingerprint density at radius 2 is 1.52 bits per heavy atom. The Bertz CT molecular complexity index is 3200. The van der Waals surface area contributed by atoms with Gasteiger partial charge in [0.2, 0.25) is 23.6 Å². The molecule has 7 N–H and O–H groups in total. The number of rotatable bonds is 31. The highest BCUT2D eigenvalue weighted by Gasteiger charge is 2.53. The maximum atomic E-state index is 14.7. The van der Waals surface area contributed by atoms with Crippen molar-refractivity contribution in [2.75, 3.05) is 86.1 Å². The summed E-state index contributed by atoms with van der Waals surface area (Å²) in [6.07, 6.45) is 0.621. The summed E-state index contributed by atoms with van der Waals surface area (Å²) in [7, 11) is 1.56. The van der Waals surface area contributed by atoms with Crippen LogP contribution in [0, 0.1) is 12.3 Å². The SMILES string of the molecule is Cc1ncsc1-c1ccc(C(CC(=O)NCCOCCOCCOCCOCCC(=O)NCCN(C)C(=O)c2ccc(-c3cc(C(=O)N[C@@H]4CCc5ccccc54)no3)cc2O)NC(=O)[C@@H]2C[C@@H](O)CN2C(=O)C(NC(=O)C2(F)CC2)C(C)(C)C)cc1. The number of phenols is 1. The van der Waals surface area contributed by atoms with E-state index in [9.17, 15) is 48.2 Å². The third-order valence-electron chi connectivity index (χ3n) is 15.3. The number of nitrogens with zero attached hydrogens (tertiary/aromatic N) is 4. The summed E-state index contributed by atoms with van der Waals surface area (Å²) in [5.41, 5.74) is 4.14. The first-order valence-corrected chi connectivity index (χ1v) is 30.1. The molecule has 8 rings (SSSR count). The minimum Gasteiger partial charge on any atom is -0.507 e. The highest BCUT2D eigenvalue weighted by molar-refractivity contribution is 7.13. The lowest BCUT2D eigenvalue weighted by Gasteiger charge is -2.36. The van der Waals surface area contributed by atoms with Crippen molar-refractivity contribution in [3.63, 3.8) is 0 Å². The average Bonchev–Trinajstić information content (AvgIpc) is 2.53. The molecular weight excluding hydrogens is 1150 g/mol. The number of aryl methyl sites for hydroxylation is 2. The van der Waals surface area contributed by atoms with Crippen LogP contribution in [0.5, 0.6) is 5.75 Å². The van der Waals surface area contributed by atoms with Crippen LogP contribution in [-0.4, -0.2) is 181 Å². The average molecular weight is 1220 g/mol. The fraction of sp³-hybridized carbons (Fsp3) is 0.500. The molecule has 3 heterocycles. The Hall–Kier alpha value is -7.68. The minimum atomic E-state index is -2.02. The van der Waals surface area contributed by atoms with E-state index < -0.39 is 58.9 Å². The van der Waals surface area contributed by atoms with Crippen molar-refractivity contribution in [3.8, 4) is 27.5 Å². The molecule has 1 aliphatic heterocycles. The van der Waals surface area contributed by atoms with Crippen LogP contribution < -0.4 is 26.6 Å². The van der Waals surface area contributed by atoms with E-state index in [1.165, 1.54) is 44.9 Å². The third-order valence-corrected chi connectivity index (χ3v) is 16.3. The van der Waals surface area contributed by atoms with E-state index in [0.29, 0.717) is 24.3 Å². The quantitative estimate of drug-likeness (QED) is 0.0290. The number of likely N-dealkylation sites (N-methyl/N-ethyl adjacent to an activating group) is 1. The molecule has 2 aromatic heterocycles. The van der Waals surface area contributed by atoms with Crippen LogP contribution in [0.3, 0.4) is 0 Å². The summed E-state index contributed by atoms with van der Waals surface area (Å²) in [5.74, 6) is -3.61. The zero-order valence-corrected chi connectivity index (χ0v) is 50.5. The molecular formula is C62H78FN9O14S. The molecule has 1 saturated heterocycles. The van der Waals surface area contributed by atoms with Crippen LogP contribution in [0.2, 0.25) is 0 Å². The number of ether oxygens (including phenoxy) is 4. The number of hydrogen-bond donors (Lipinski definition) is 7. The number of alkyl halides is 1. The summed E-state index contributed by atoms with van der Waals surface area (Å²) < 4.78 is 42.4. The standard InChI is InChI=1S/C62H78FN9O14S/c1-38-54(87-37-66-38)41-12-10-40(11-13-41)47(68-57(78)49-33-43(73)36-72(49)59(80)55(61(2,3)4)69-60(81)62(63)19-20-62)35-53(76)65-22-25-83-27-29-85-31-30-84-28-26-82-24-18-52(75)64-21-23-71(5)58(79)45-16-14-42(32-50(45)74)51-34-48(70-86-51)56(77)67-46-17-15-39-8-6-7-9-44(39)46/h6-14,16,32,34,37,43,46-47,49,55,73-74H,15,17-31,33,35-36H2,1-5H3,(H,64,75)(H,65,76)(H,67,77)(H,68,78)(H,69,81)/t43-,46-,47?,49+,55?/m1/s1. The zero-order chi connectivity index (χ0) is 62.3. The first kappa shape index (κ1) is 65.3. The summed E-state index contributed by atoms with van der Waals surface area (Å²) >= 11 is 1.49. The first-order valence-electron chi connectivity index (χ1n) is 29.3. The summed E-state index contributed by atoms with van der Waals surface area (Å²) in [4.78, 5) is 101. The maximum absolute atomic E-state index is 14.7. The molecule has 3 aromatic carbocycles. The number of aliphatic hydroxyl groups excluding tert-OH is 1. The molecule has 0 radical (unpaired) electrons. The van der Waals surface area contributed by atoms with Gasteiger partial charge in [-0.3, -0.25) is 33.6 Å². The molecule has 1 saturated carbocycles. The van der Waals surface area contributed by atoms with E-state index in [-0.39, 0.29) is 144 Å². The molecule has 0 bridgehead atoms. The molecule has 468 valence electrons. The number of aliphatic hydroxyl groups is 1. The molecule has 2 unspecified atom stereocenters. The number of nitrogens with one attached hydrogen (secondary N) is 5. The van der Waals surface area contributed by atoms with Gasteiger partial charge in [0.1, 0.15) is 17.8 Å². The Kier molecular flexibility index (Phi) is 22.7. The molecule has 25 heteroatoms. The van der Waals surface area contributed by atoms with Crippen molar-refractivity contribution < 1.29 is 71.6 Å². The van der Waals surface area contributed by atoms with Gasteiger partial charge in [0.15, 0.2) is 17.1 Å². The predicted octanol–water partition coefficient (Wildman–Crippen LogP) is 4.90. The van der Waals surface area contributed by atoms with Crippen molar-refractivity contribution in [2.45, 2.75) is 109 Å². The number of likely N-dealkylation sites (tertiary alicyclic amines) is 1. The largest absolute Gasteiger partial charge is 0.507 e. The molecule has 2 fully saturated rings. The predicted molar refractivity (Wildman–Crippen MR) is 318 cm³/mol. The van der Waals surface area contributed by atoms with E-state index in [0.717, 1.165) is 34.5 Å². The van der Waals surface area contributed by atoms with Crippen LogP contribution in [0.15, 0.2) is 82.8 Å². The van der Waals surface area contributed by atoms with E-state index in [2.05, 4.69) is 42.8 Å². The van der Waals surface area contributed by atoms with E-state index in [1.807, 2.05) is 49.4 Å². The van der Waals surface area contributed by atoms with Crippen LogP contribution in [0.1, 0.15) is 115 Å². The van der Waals surface area contributed by atoms with Gasteiger partial charge in [-0.2, -0.15) is 0 Å². The second-order valence-corrected chi connectivity index (χ2v) is 23.8. The lowest BCUT2D eigenvalue weighted by Crippen LogP contribution is -2.59. The van der Waals surface area contributed by atoms with Crippen LogP contribution in [-0.2, 0) is 49.3 Å².